The van der Waals surface area contributed by atoms with E-state index in [1.807, 2.05) is 36.4 Å². The van der Waals surface area contributed by atoms with Gasteiger partial charge in [0, 0.05) is 24.5 Å². The molecule has 3 atom stereocenters. The number of hydrogen-bond acceptors (Lipinski definition) is 5. The van der Waals surface area contributed by atoms with Crippen molar-refractivity contribution in [1.82, 2.24) is 9.88 Å². The second-order valence-corrected chi connectivity index (χ2v) is 10.3. The summed E-state index contributed by atoms with van der Waals surface area (Å²) in [4.78, 5) is 18.4. The minimum absolute atomic E-state index is 0.0388. The van der Waals surface area contributed by atoms with Gasteiger partial charge in [0.05, 0.1) is 19.7 Å². The fourth-order valence-electron chi connectivity index (χ4n) is 5.82. The van der Waals surface area contributed by atoms with E-state index in [-0.39, 0.29) is 18.3 Å². The van der Waals surface area contributed by atoms with Crippen LogP contribution in [0, 0.1) is 11.8 Å². The molecule has 0 aliphatic carbocycles. The molecule has 1 N–H and O–H groups in total. The van der Waals surface area contributed by atoms with Crippen molar-refractivity contribution in [1.29, 1.82) is 0 Å². The largest absolute Gasteiger partial charge is 0.497 e. The molecule has 1 fully saturated rings. The molecule has 0 unspecified atom stereocenters. The van der Waals surface area contributed by atoms with Crippen LogP contribution in [0.25, 0.3) is 10.9 Å². The first-order valence-electron chi connectivity index (χ1n) is 13.6. The average Bonchev–Trinajstić information content (AvgIpc) is 2.94. The van der Waals surface area contributed by atoms with Crippen LogP contribution in [-0.2, 0) is 11.2 Å². The summed E-state index contributed by atoms with van der Waals surface area (Å²) in [6.07, 6.45) is 5.67. The summed E-state index contributed by atoms with van der Waals surface area (Å²) < 4.78 is 26.3. The lowest BCUT2D eigenvalue weighted by atomic mass is 9.79. The number of likely N-dealkylation sites (tertiary alicyclic amines) is 1. The number of carboxylic acid groups (broad SMARTS) is 1. The molecule has 1 aliphatic heterocycles. The van der Waals surface area contributed by atoms with Gasteiger partial charge < -0.3 is 19.5 Å². The number of para-hydroxylation sites is 1. The Morgan fingerprint density at radius 1 is 1.13 bits per heavy atom. The number of fused-ring (bicyclic) bond motifs is 1. The van der Waals surface area contributed by atoms with E-state index in [1.54, 1.807) is 26.5 Å². The molecule has 2 aromatic carbocycles. The van der Waals surface area contributed by atoms with Crippen LogP contribution >= 0.6 is 0 Å². The predicted octanol–water partition coefficient (Wildman–Crippen LogP) is 6.48. The van der Waals surface area contributed by atoms with Crippen molar-refractivity contribution in [2.24, 2.45) is 11.8 Å². The SMILES string of the molecule is COc1ccc2nccc([C@H](F)CC[C@@H]3CCN(CCCCc4ccccc4OC)C[C@@H]3CC(=O)O)c2c1. The molecule has 1 aliphatic rings. The van der Waals surface area contributed by atoms with E-state index in [9.17, 15) is 9.90 Å². The summed E-state index contributed by atoms with van der Waals surface area (Å²) in [6, 6.07) is 15.4. The zero-order valence-corrected chi connectivity index (χ0v) is 22.4. The summed E-state index contributed by atoms with van der Waals surface area (Å²) in [5.41, 5.74) is 2.59. The Hall–Kier alpha value is -3.19. The van der Waals surface area contributed by atoms with Crippen molar-refractivity contribution in [2.75, 3.05) is 33.9 Å². The Kier molecular flexibility index (Phi) is 9.93. The monoisotopic (exact) mass is 522 g/mol. The second kappa shape index (κ2) is 13.6. The molecule has 3 aromatic rings. The van der Waals surface area contributed by atoms with Crippen LogP contribution in [0.4, 0.5) is 4.39 Å². The summed E-state index contributed by atoms with van der Waals surface area (Å²) in [6.45, 7) is 2.65. The molecule has 0 bridgehead atoms. The molecule has 1 saturated heterocycles. The van der Waals surface area contributed by atoms with E-state index in [1.165, 1.54) is 5.56 Å². The van der Waals surface area contributed by atoms with Crippen LogP contribution in [-0.4, -0.2) is 54.8 Å². The standard InChI is InChI=1S/C31H39FN2O4/c1-37-25-11-13-29-27(20-25)26(14-16-33-29)28(32)12-10-22-15-18-34(21-24(22)19-31(35)36)17-6-5-8-23-7-3-4-9-30(23)38-2/h3-4,7,9,11,13-14,16,20,22,24,28H,5-6,8,10,12,15,17-19,21H2,1-2H3,(H,35,36)/t22-,24+,28-/m1/s1. The number of aliphatic carboxylic acids is 1. The molecule has 1 aromatic heterocycles. The van der Waals surface area contributed by atoms with Gasteiger partial charge in [-0.3, -0.25) is 9.78 Å². The van der Waals surface area contributed by atoms with Crippen molar-refractivity contribution in [2.45, 2.75) is 51.1 Å². The van der Waals surface area contributed by atoms with Gasteiger partial charge in [-0.15, -0.1) is 0 Å². The number of nitrogens with zero attached hydrogens (tertiary/aromatic N) is 2. The topological polar surface area (TPSA) is 71.9 Å². The number of carboxylic acids is 1. The zero-order chi connectivity index (χ0) is 26.9. The van der Waals surface area contributed by atoms with Gasteiger partial charge in [0.15, 0.2) is 0 Å². The van der Waals surface area contributed by atoms with Crippen LogP contribution in [0.15, 0.2) is 54.7 Å². The lowest BCUT2D eigenvalue weighted by molar-refractivity contribution is -0.139. The number of unbranched alkanes of at least 4 members (excludes halogenated alkanes) is 1. The van der Waals surface area contributed by atoms with Gasteiger partial charge in [0.25, 0.3) is 0 Å². The van der Waals surface area contributed by atoms with Crippen molar-refractivity contribution in [3.05, 3.63) is 65.9 Å². The highest BCUT2D eigenvalue weighted by Gasteiger charge is 2.31. The number of alkyl halides is 1. The maximum atomic E-state index is 15.5. The van der Waals surface area contributed by atoms with Gasteiger partial charge in [0.2, 0.25) is 0 Å². The normalized spacial score (nSPS) is 18.8. The first-order valence-corrected chi connectivity index (χ1v) is 13.6. The third kappa shape index (κ3) is 7.22. The molecule has 0 spiro atoms. The number of carbonyl (C=O) groups is 1. The second-order valence-electron chi connectivity index (χ2n) is 10.3. The third-order valence-electron chi connectivity index (χ3n) is 7.89. The number of piperidine rings is 1. The van der Waals surface area contributed by atoms with Crippen LogP contribution in [0.1, 0.15) is 55.8 Å². The molecule has 7 heteroatoms. The van der Waals surface area contributed by atoms with Gasteiger partial charge in [0.1, 0.15) is 17.7 Å². The highest BCUT2D eigenvalue weighted by Crippen LogP contribution is 2.36. The quantitative estimate of drug-likeness (QED) is 0.259. The van der Waals surface area contributed by atoms with Gasteiger partial charge >= 0.3 is 5.97 Å². The maximum Gasteiger partial charge on any atom is 0.303 e. The number of pyridine rings is 1. The Balaban J connectivity index is 1.31. The lowest BCUT2D eigenvalue weighted by Gasteiger charge is -2.38. The smallest absolute Gasteiger partial charge is 0.303 e. The Labute approximate surface area is 224 Å². The average molecular weight is 523 g/mol. The highest BCUT2D eigenvalue weighted by molar-refractivity contribution is 5.83. The van der Waals surface area contributed by atoms with Crippen LogP contribution < -0.4 is 9.47 Å². The van der Waals surface area contributed by atoms with E-state index in [4.69, 9.17) is 9.47 Å². The number of methoxy groups -OCH3 is 2. The minimum atomic E-state index is -1.13. The molecule has 0 saturated carbocycles. The van der Waals surface area contributed by atoms with E-state index in [0.29, 0.717) is 24.2 Å². The fraction of sp³-hybridized carbons (Fsp3) is 0.484. The number of aromatic nitrogens is 1. The zero-order valence-electron chi connectivity index (χ0n) is 22.4. The van der Waals surface area contributed by atoms with E-state index >= 15 is 4.39 Å². The first kappa shape index (κ1) is 27.8. The molecule has 0 radical (unpaired) electrons. The van der Waals surface area contributed by atoms with Crippen molar-refractivity contribution in [3.63, 3.8) is 0 Å². The number of ether oxygens (including phenoxy) is 2. The van der Waals surface area contributed by atoms with Crippen molar-refractivity contribution in [3.8, 4) is 11.5 Å². The third-order valence-corrected chi connectivity index (χ3v) is 7.89. The minimum Gasteiger partial charge on any atom is -0.497 e. The van der Waals surface area contributed by atoms with Gasteiger partial charge in [-0.1, -0.05) is 18.2 Å². The molecule has 4 rings (SSSR count). The van der Waals surface area contributed by atoms with Crippen LogP contribution in [0.5, 0.6) is 11.5 Å². The molecule has 6 nitrogen and oxygen atoms in total. The number of rotatable bonds is 13. The highest BCUT2D eigenvalue weighted by atomic mass is 19.1. The summed E-state index contributed by atoms with van der Waals surface area (Å²) in [5.74, 6) is 1.08. The summed E-state index contributed by atoms with van der Waals surface area (Å²) in [7, 11) is 3.30. The maximum absolute atomic E-state index is 15.5. The number of benzene rings is 2. The van der Waals surface area contributed by atoms with Crippen molar-refractivity contribution < 1.29 is 23.8 Å². The molecule has 0 amide bonds. The van der Waals surface area contributed by atoms with Gasteiger partial charge in [-0.25, -0.2) is 4.39 Å². The van der Waals surface area contributed by atoms with Crippen LogP contribution in [0.3, 0.4) is 0 Å². The number of hydrogen-bond donors (Lipinski definition) is 1. The van der Waals surface area contributed by atoms with Gasteiger partial charge in [-0.05, 0) is 105 Å². The molecular formula is C31H39FN2O4. The fourth-order valence-corrected chi connectivity index (χ4v) is 5.82. The van der Waals surface area contributed by atoms with Crippen LogP contribution in [0.2, 0.25) is 0 Å². The van der Waals surface area contributed by atoms with E-state index in [0.717, 1.165) is 62.0 Å². The Bertz CT molecular complexity index is 1200. The predicted molar refractivity (Wildman–Crippen MR) is 148 cm³/mol. The van der Waals surface area contributed by atoms with E-state index in [2.05, 4.69) is 16.0 Å². The molecule has 2 heterocycles. The summed E-state index contributed by atoms with van der Waals surface area (Å²) in [5, 5.41) is 10.3. The molecular weight excluding hydrogens is 483 g/mol. The lowest BCUT2D eigenvalue weighted by Crippen LogP contribution is -2.41. The summed E-state index contributed by atoms with van der Waals surface area (Å²) >= 11 is 0. The Morgan fingerprint density at radius 3 is 2.76 bits per heavy atom. The van der Waals surface area contributed by atoms with Crippen molar-refractivity contribution >= 4 is 16.9 Å². The van der Waals surface area contributed by atoms with Gasteiger partial charge in [-0.2, -0.15) is 0 Å². The Morgan fingerprint density at radius 2 is 1.97 bits per heavy atom. The molecule has 204 valence electrons. The molecule has 38 heavy (non-hydrogen) atoms. The number of aryl methyl sites for hydroxylation is 1. The first-order chi connectivity index (χ1) is 18.5. The number of halogens is 1. The van der Waals surface area contributed by atoms with E-state index < -0.39 is 12.1 Å².